The Morgan fingerprint density at radius 2 is 1.61 bits per heavy atom. The predicted molar refractivity (Wildman–Crippen MR) is 132 cm³/mol. The summed E-state index contributed by atoms with van der Waals surface area (Å²) in [6, 6.07) is 12.0. The van der Waals surface area contributed by atoms with E-state index in [0.29, 0.717) is 31.0 Å². The first kappa shape index (κ1) is 23.8. The number of anilines is 3. The monoisotopic (exact) mass is 449 g/mol. The quantitative estimate of drug-likeness (QED) is 0.489. The summed E-state index contributed by atoms with van der Waals surface area (Å²) in [6.45, 7) is 9.02. The SMILES string of the molecule is C=CCNC(=O)[C@H]1CCCN(C(=O)Nc2ccc(NC(=O)Nc3ccc(C)c(C)c3)cc2)C1. The average molecular weight is 450 g/mol. The minimum Gasteiger partial charge on any atom is -0.352 e. The van der Waals surface area contributed by atoms with Gasteiger partial charge in [0, 0.05) is 36.7 Å². The van der Waals surface area contributed by atoms with Crippen molar-refractivity contribution >= 4 is 35.0 Å². The van der Waals surface area contributed by atoms with Gasteiger partial charge >= 0.3 is 12.1 Å². The Hall–Kier alpha value is -3.81. The Bertz CT molecular complexity index is 1020. The van der Waals surface area contributed by atoms with E-state index in [1.165, 1.54) is 0 Å². The van der Waals surface area contributed by atoms with Gasteiger partial charge in [-0.1, -0.05) is 12.1 Å². The molecule has 33 heavy (non-hydrogen) atoms. The highest BCUT2D eigenvalue weighted by Crippen LogP contribution is 2.20. The Balaban J connectivity index is 1.50. The maximum absolute atomic E-state index is 12.7. The molecule has 0 spiro atoms. The van der Waals surface area contributed by atoms with E-state index >= 15 is 0 Å². The summed E-state index contributed by atoms with van der Waals surface area (Å²) in [7, 11) is 0. The molecule has 0 saturated carbocycles. The molecule has 0 aliphatic carbocycles. The van der Waals surface area contributed by atoms with Crippen molar-refractivity contribution < 1.29 is 14.4 Å². The lowest BCUT2D eigenvalue weighted by atomic mass is 9.97. The number of aryl methyl sites for hydroxylation is 2. The number of carbonyl (C=O) groups excluding carboxylic acids is 3. The van der Waals surface area contributed by atoms with E-state index in [9.17, 15) is 14.4 Å². The third kappa shape index (κ3) is 6.83. The molecule has 1 fully saturated rings. The first-order valence-electron chi connectivity index (χ1n) is 11.1. The lowest BCUT2D eigenvalue weighted by Crippen LogP contribution is -2.46. The Kier molecular flexibility index (Phi) is 8.07. The Morgan fingerprint density at radius 1 is 0.970 bits per heavy atom. The molecule has 0 bridgehead atoms. The smallest absolute Gasteiger partial charge is 0.323 e. The largest absolute Gasteiger partial charge is 0.352 e. The minimum absolute atomic E-state index is 0.0538. The summed E-state index contributed by atoms with van der Waals surface area (Å²) in [5, 5.41) is 11.2. The molecular formula is C25H31N5O3. The molecule has 0 radical (unpaired) electrons. The third-order valence-corrected chi connectivity index (χ3v) is 5.66. The number of carbonyl (C=O) groups is 3. The average Bonchev–Trinajstić information content (AvgIpc) is 2.81. The van der Waals surface area contributed by atoms with Crippen LogP contribution in [0.3, 0.4) is 0 Å². The van der Waals surface area contributed by atoms with Gasteiger partial charge in [-0.2, -0.15) is 0 Å². The van der Waals surface area contributed by atoms with Gasteiger partial charge in [-0.25, -0.2) is 9.59 Å². The maximum Gasteiger partial charge on any atom is 0.323 e. The van der Waals surface area contributed by atoms with Crippen LogP contribution in [0.15, 0.2) is 55.1 Å². The van der Waals surface area contributed by atoms with Gasteiger partial charge in [0.25, 0.3) is 0 Å². The second-order valence-electron chi connectivity index (χ2n) is 8.20. The van der Waals surface area contributed by atoms with Crippen molar-refractivity contribution in [3.05, 3.63) is 66.2 Å². The highest BCUT2D eigenvalue weighted by molar-refractivity contribution is 6.00. The van der Waals surface area contributed by atoms with Gasteiger partial charge in [0.05, 0.1) is 5.92 Å². The van der Waals surface area contributed by atoms with Crippen LogP contribution in [0.1, 0.15) is 24.0 Å². The van der Waals surface area contributed by atoms with Crippen molar-refractivity contribution in [3.63, 3.8) is 0 Å². The van der Waals surface area contributed by atoms with Crippen molar-refractivity contribution in [1.29, 1.82) is 0 Å². The molecule has 2 aromatic rings. The fraction of sp³-hybridized carbons (Fsp3) is 0.320. The van der Waals surface area contributed by atoms with E-state index in [1.807, 2.05) is 32.0 Å². The zero-order valence-corrected chi connectivity index (χ0v) is 19.1. The van der Waals surface area contributed by atoms with Gasteiger partial charge < -0.3 is 26.2 Å². The molecule has 4 N–H and O–H groups in total. The number of nitrogens with zero attached hydrogens (tertiary/aromatic N) is 1. The summed E-state index contributed by atoms with van der Waals surface area (Å²) in [5.41, 5.74) is 4.20. The van der Waals surface area contributed by atoms with Crippen molar-refractivity contribution in [2.75, 3.05) is 35.6 Å². The van der Waals surface area contributed by atoms with Crippen LogP contribution in [0.2, 0.25) is 0 Å². The number of rotatable bonds is 6. The zero-order valence-electron chi connectivity index (χ0n) is 19.1. The van der Waals surface area contributed by atoms with Crippen molar-refractivity contribution in [3.8, 4) is 0 Å². The predicted octanol–water partition coefficient (Wildman–Crippen LogP) is 4.49. The lowest BCUT2D eigenvalue weighted by Gasteiger charge is -2.32. The maximum atomic E-state index is 12.7. The Labute approximate surface area is 194 Å². The summed E-state index contributed by atoms with van der Waals surface area (Å²) < 4.78 is 0. The van der Waals surface area contributed by atoms with E-state index in [2.05, 4.69) is 27.8 Å². The molecule has 8 nitrogen and oxygen atoms in total. The molecule has 1 saturated heterocycles. The number of piperidine rings is 1. The number of urea groups is 2. The summed E-state index contributed by atoms with van der Waals surface area (Å²) in [6.07, 6.45) is 3.17. The van der Waals surface area contributed by atoms with E-state index in [0.717, 1.165) is 29.7 Å². The zero-order chi connectivity index (χ0) is 23.8. The fourth-order valence-electron chi connectivity index (χ4n) is 3.64. The normalized spacial score (nSPS) is 15.3. The van der Waals surface area contributed by atoms with Gasteiger partial charge in [-0.05, 0) is 74.2 Å². The molecule has 0 aromatic heterocycles. The van der Waals surface area contributed by atoms with E-state index in [-0.39, 0.29) is 23.9 Å². The van der Waals surface area contributed by atoms with Crippen molar-refractivity contribution in [2.24, 2.45) is 5.92 Å². The van der Waals surface area contributed by atoms with Gasteiger partial charge in [0.1, 0.15) is 0 Å². The molecular weight excluding hydrogens is 418 g/mol. The molecule has 174 valence electrons. The van der Waals surface area contributed by atoms with Crippen LogP contribution in [0.4, 0.5) is 26.7 Å². The van der Waals surface area contributed by atoms with Crippen LogP contribution in [-0.4, -0.2) is 42.5 Å². The highest BCUT2D eigenvalue weighted by Gasteiger charge is 2.28. The standard InChI is InChI=1S/C25H31N5O3/c1-4-13-26-23(31)19-6-5-14-30(16-19)25(33)29-21-11-9-20(10-12-21)27-24(32)28-22-8-7-17(2)18(3)15-22/h4,7-12,15,19H,1,5-6,13-14,16H2,2-3H3,(H,26,31)(H,29,33)(H2,27,28,32)/t19-/m0/s1. The molecule has 8 heteroatoms. The number of nitrogens with one attached hydrogen (secondary N) is 4. The van der Waals surface area contributed by atoms with E-state index in [4.69, 9.17) is 0 Å². The third-order valence-electron chi connectivity index (χ3n) is 5.66. The number of hydrogen-bond acceptors (Lipinski definition) is 3. The first-order chi connectivity index (χ1) is 15.9. The summed E-state index contributed by atoms with van der Waals surface area (Å²) in [5.74, 6) is -0.270. The van der Waals surface area contributed by atoms with E-state index in [1.54, 1.807) is 35.2 Å². The van der Waals surface area contributed by atoms with Crippen molar-refractivity contribution in [2.45, 2.75) is 26.7 Å². The number of likely N-dealkylation sites (tertiary alicyclic amines) is 1. The summed E-state index contributed by atoms with van der Waals surface area (Å²) in [4.78, 5) is 38.8. The molecule has 2 aromatic carbocycles. The molecule has 1 aliphatic heterocycles. The van der Waals surface area contributed by atoms with Gasteiger partial charge in [-0.3, -0.25) is 4.79 Å². The van der Waals surface area contributed by atoms with Crippen LogP contribution in [-0.2, 0) is 4.79 Å². The molecule has 5 amide bonds. The van der Waals surface area contributed by atoms with Gasteiger partial charge in [0.2, 0.25) is 5.91 Å². The lowest BCUT2D eigenvalue weighted by molar-refractivity contribution is -0.126. The second-order valence-corrected chi connectivity index (χ2v) is 8.20. The fourth-order valence-corrected chi connectivity index (χ4v) is 3.64. The molecule has 1 atom stereocenters. The van der Waals surface area contributed by atoms with Crippen LogP contribution < -0.4 is 21.3 Å². The summed E-state index contributed by atoms with van der Waals surface area (Å²) >= 11 is 0. The minimum atomic E-state index is -0.343. The van der Waals surface area contributed by atoms with Crippen LogP contribution in [0.5, 0.6) is 0 Å². The molecule has 1 heterocycles. The topological polar surface area (TPSA) is 103 Å². The van der Waals surface area contributed by atoms with Gasteiger partial charge in [0.15, 0.2) is 0 Å². The molecule has 1 aliphatic rings. The number of hydrogen-bond donors (Lipinski definition) is 4. The van der Waals surface area contributed by atoms with Crippen LogP contribution in [0.25, 0.3) is 0 Å². The second kappa shape index (κ2) is 11.2. The van der Waals surface area contributed by atoms with Crippen LogP contribution >= 0.6 is 0 Å². The van der Waals surface area contributed by atoms with Crippen LogP contribution in [0, 0.1) is 19.8 Å². The molecule has 0 unspecified atom stereocenters. The van der Waals surface area contributed by atoms with Crippen molar-refractivity contribution in [1.82, 2.24) is 10.2 Å². The number of amides is 5. The Morgan fingerprint density at radius 3 is 2.27 bits per heavy atom. The molecule has 3 rings (SSSR count). The van der Waals surface area contributed by atoms with E-state index < -0.39 is 0 Å². The first-order valence-corrected chi connectivity index (χ1v) is 11.1. The number of benzene rings is 2. The highest BCUT2D eigenvalue weighted by atomic mass is 16.2. The van der Waals surface area contributed by atoms with Gasteiger partial charge in [-0.15, -0.1) is 6.58 Å².